The van der Waals surface area contributed by atoms with E-state index in [1.54, 1.807) is 0 Å². The first-order chi connectivity index (χ1) is 9.04. The molecule has 19 heavy (non-hydrogen) atoms. The molecule has 1 heterocycles. The van der Waals surface area contributed by atoms with Crippen molar-refractivity contribution in [2.75, 3.05) is 26.7 Å². The zero-order valence-electron chi connectivity index (χ0n) is 11.7. The van der Waals surface area contributed by atoms with Crippen molar-refractivity contribution < 1.29 is 9.90 Å². The number of benzene rings is 1. The Labute approximate surface area is 114 Å². The molecule has 1 aliphatic rings. The number of aliphatic carboxylic acids is 1. The van der Waals surface area contributed by atoms with Gasteiger partial charge in [-0.15, -0.1) is 0 Å². The van der Waals surface area contributed by atoms with Crippen LogP contribution in [0.2, 0.25) is 0 Å². The third-order valence-corrected chi connectivity index (χ3v) is 3.73. The molecule has 1 atom stereocenters. The molecule has 2 rings (SSSR count). The minimum absolute atomic E-state index is 0.102. The number of hydrogen-bond acceptors (Lipinski definition) is 3. The highest BCUT2D eigenvalue weighted by molar-refractivity contribution is 5.70. The lowest BCUT2D eigenvalue weighted by atomic mass is 10.1. The zero-order chi connectivity index (χ0) is 13.8. The Balaban J connectivity index is 1.94. The monoisotopic (exact) mass is 262 g/mol. The molecule has 4 heteroatoms. The van der Waals surface area contributed by atoms with Gasteiger partial charge in [0, 0.05) is 32.2 Å². The van der Waals surface area contributed by atoms with Crippen LogP contribution in [0.25, 0.3) is 0 Å². The summed E-state index contributed by atoms with van der Waals surface area (Å²) in [5, 5.41) is 8.74. The normalized spacial score (nSPS) is 21.5. The van der Waals surface area contributed by atoms with Crippen LogP contribution in [-0.2, 0) is 17.8 Å². The van der Waals surface area contributed by atoms with E-state index in [1.807, 2.05) is 24.3 Å². The molecule has 0 amide bonds. The molecule has 1 aromatic carbocycles. The van der Waals surface area contributed by atoms with Gasteiger partial charge < -0.3 is 10.0 Å². The maximum atomic E-state index is 10.6. The summed E-state index contributed by atoms with van der Waals surface area (Å²) >= 11 is 0. The largest absolute Gasteiger partial charge is 0.481 e. The molecule has 104 valence electrons. The number of hydrogen-bond donors (Lipinski definition) is 1. The van der Waals surface area contributed by atoms with Crippen molar-refractivity contribution >= 4 is 5.97 Å². The molecule has 0 aliphatic carbocycles. The second-order valence-electron chi connectivity index (χ2n) is 5.47. The highest BCUT2D eigenvalue weighted by Gasteiger charge is 2.21. The summed E-state index contributed by atoms with van der Waals surface area (Å²) in [6.07, 6.45) is 0.102. The van der Waals surface area contributed by atoms with Crippen molar-refractivity contribution in [3.8, 4) is 0 Å². The Morgan fingerprint density at radius 3 is 2.47 bits per heavy atom. The van der Waals surface area contributed by atoms with Crippen molar-refractivity contribution in [1.82, 2.24) is 9.80 Å². The Morgan fingerprint density at radius 1 is 1.26 bits per heavy atom. The smallest absolute Gasteiger partial charge is 0.307 e. The number of carboxylic acid groups (broad SMARTS) is 1. The second kappa shape index (κ2) is 6.17. The predicted molar refractivity (Wildman–Crippen MR) is 75.2 cm³/mol. The van der Waals surface area contributed by atoms with Gasteiger partial charge in [-0.2, -0.15) is 0 Å². The van der Waals surface area contributed by atoms with Gasteiger partial charge in [-0.25, -0.2) is 0 Å². The van der Waals surface area contributed by atoms with E-state index in [0.29, 0.717) is 6.04 Å². The van der Waals surface area contributed by atoms with Gasteiger partial charge in [0.25, 0.3) is 0 Å². The molecule has 1 N–H and O–H groups in total. The predicted octanol–water partition coefficient (Wildman–Crippen LogP) is 1.45. The van der Waals surface area contributed by atoms with Gasteiger partial charge in [0.1, 0.15) is 0 Å². The zero-order valence-corrected chi connectivity index (χ0v) is 11.7. The lowest BCUT2D eigenvalue weighted by Crippen LogP contribution is -2.49. The van der Waals surface area contributed by atoms with Crippen LogP contribution in [0, 0.1) is 0 Å². The SMILES string of the molecule is CC1CN(C)CCN1Cc1ccc(CC(=O)O)cc1. The first-order valence-electron chi connectivity index (χ1n) is 6.77. The van der Waals surface area contributed by atoms with Crippen LogP contribution < -0.4 is 0 Å². The second-order valence-corrected chi connectivity index (χ2v) is 5.47. The van der Waals surface area contributed by atoms with Gasteiger partial charge >= 0.3 is 5.97 Å². The average molecular weight is 262 g/mol. The molecule has 1 aromatic rings. The van der Waals surface area contributed by atoms with E-state index in [2.05, 4.69) is 23.8 Å². The number of nitrogens with zero attached hydrogens (tertiary/aromatic N) is 2. The van der Waals surface area contributed by atoms with E-state index < -0.39 is 5.97 Å². The number of carbonyl (C=O) groups is 1. The summed E-state index contributed by atoms with van der Waals surface area (Å²) in [7, 11) is 2.16. The Hall–Kier alpha value is -1.39. The Morgan fingerprint density at radius 2 is 1.89 bits per heavy atom. The fourth-order valence-corrected chi connectivity index (χ4v) is 2.58. The van der Waals surface area contributed by atoms with E-state index in [4.69, 9.17) is 5.11 Å². The molecule has 0 radical (unpaired) electrons. The minimum Gasteiger partial charge on any atom is -0.481 e. The first kappa shape index (κ1) is 14.0. The van der Waals surface area contributed by atoms with Crippen molar-refractivity contribution in [3.63, 3.8) is 0 Å². The van der Waals surface area contributed by atoms with E-state index in [9.17, 15) is 4.79 Å². The lowest BCUT2D eigenvalue weighted by molar-refractivity contribution is -0.136. The van der Waals surface area contributed by atoms with Gasteiger partial charge in [-0.05, 0) is 25.1 Å². The standard InChI is InChI=1S/C15H22N2O2/c1-12-10-16(2)7-8-17(12)11-14-5-3-13(4-6-14)9-15(18)19/h3-6,12H,7-11H2,1-2H3,(H,18,19). The minimum atomic E-state index is -0.777. The van der Waals surface area contributed by atoms with Crippen LogP contribution in [0.5, 0.6) is 0 Å². The molecule has 0 bridgehead atoms. The van der Waals surface area contributed by atoms with Crippen LogP contribution in [0.4, 0.5) is 0 Å². The third-order valence-electron chi connectivity index (χ3n) is 3.73. The summed E-state index contributed by atoms with van der Waals surface area (Å²) in [5.74, 6) is -0.777. The molecule has 1 unspecified atom stereocenters. The Bertz CT molecular complexity index is 430. The van der Waals surface area contributed by atoms with Gasteiger partial charge in [0.15, 0.2) is 0 Å². The van der Waals surface area contributed by atoms with E-state index in [0.717, 1.165) is 31.7 Å². The summed E-state index contributed by atoms with van der Waals surface area (Å²) in [6.45, 7) is 6.52. The number of rotatable bonds is 4. The van der Waals surface area contributed by atoms with Gasteiger partial charge in [-0.3, -0.25) is 9.69 Å². The maximum absolute atomic E-state index is 10.6. The van der Waals surface area contributed by atoms with E-state index in [1.165, 1.54) is 5.56 Å². The van der Waals surface area contributed by atoms with Crippen molar-refractivity contribution in [2.24, 2.45) is 0 Å². The summed E-state index contributed by atoms with van der Waals surface area (Å²) in [4.78, 5) is 15.5. The van der Waals surface area contributed by atoms with Gasteiger partial charge in [0.05, 0.1) is 6.42 Å². The topological polar surface area (TPSA) is 43.8 Å². The summed E-state index contributed by atoms with van der Waals surface area (Å²) in [5.41, 5.74) is 2.12. The summed E-state index contributed by atoms with van der Waals surface area (Å²) < 4.78 is 0. The lowest BCUT2D eigenvalue weighted by Gasteiger charge is -2.38. The van der Waals surface area contributed by atoms with Gasteiger partial charge in [0.2, 0.25) is 0 Å². The van der Waals surface area contributed by atoms with Crippen LogP contribution in [0.1, 0.15) is 18.1 Å². The van der Waals surface area contributed by atoms with Crippen LogP contribution in [-0.4, -0.2) is 53.6 Å². The molecule has 0 spiro atoms. The van der Waals surface area contributed by atoms with Crippen LogP contribution >= 0.6 is 0 Å². The maximum Gasteiger partial charge on any atom is 0.307 e. The van der Waals surface area contributed by atoms with E-state index >= 15 is 0 Å². The number of likely N-dealkylation sites (N-methyl/N-ethyl adjacent to an activating group) is 1. The molecular weight excluding hydrogens is 240 g/mol. The molecule has 1 fully saturated rings. The van der Waals surface area contributed by atoms with Crippen LogP contribution in [0.15, 0.2) is 24.3 Å². The number of piperazine rings is 1. The third kappa shape index (κ3) is 4.04. The first-order valence-corrected chi connectivity index (χ1v) is 6.77. The van der Waals surface area contributed by atoms with Crippen molar-refractivity contribution in [2.45, 2.75) is 25.9 Å². The quantitative estimate of drug-likeness (QED) is 0.892. The average Bonchev–Trinajstić information content (AvgIpc) is 2.34. The molecule has 1 saturated heterocycles. The fraction of sp³-hybridized carbons (Fsp3) is 0.533. The molecular formula is C15H22N2O2. The highest BCUT2D eigenvalue weighted by atomic mass is 16.4. The molecule has 0 aromatic heterocycles. The Kier molecular flexibility index (Phi) is 4.56. The van der Waals surface area contributed by atoms with Crippen LogP contribution in [0.3, 0.4) is 0 Å². The van der Waals surface area contributed by atoms with E-state index in [-0.39, 0.29) is 6.42 Å². The summed E-state index contributed by atoms with van der Waals surface area (Å²) in [6, 6.07) is 8.50. The van der Waals surface area contributed by atoms with Crippen molar-refractivity contribution in [3.05, 3.63) is 35.4 Å². The number of carboxylic acids is 1. The molecule has 1 aliphatic heterocycles. The molecule has 0 saturated carbocycles. The highest BCUT2D eigenvalue weighted by Crippen LogP contribution is 2.14. The van der Waals surface area contributed by atoms with Crippen molar-refractivity contribution in [1.29, 1.82) is 0 Å². The molecule has 4 nitrogen and oxygen atoms in total. The fourth-order valence-electron chi connectivity index (χ4n) is 2.58. The van der Waals surface area contributed by atoms with Gasteiger partial charge in [-0.1, -0.05) is 24.3 Å².